The molecule has 0 saturated heterocycles. The zero-order valence-electron chi connectivity index (χ0n) is 8.49. The van der Waals surface area contributed by atoms with Crippen molar-refractivity contribution >= 4 is 11.8 Å². The molecule has 2 rings (SSSR count). The van der Waals surface area contributed by atoms with Gasteiger partial charge >= 0.3 is 5.97 Å². The van der Waals surface area contributed by atoms with Crippen LogP contribution in [-0.4, -0.2) is 16.9 Å². The molecule has 1 atom stereocenters. The van der Waals surface area contributed by atoms with Crippen LogP contribution in [0.25, 0.3) is 0 Å². The van der Waals surface area contributed by atoms with Gasteiger partial charge in [0.1, 0.15) is 0 Å². The van der Waals surface area contributed by atoms with Crippen molar-refractivity contribution in [3.8, 4) is 0 Å². The lowest BCUT2D eigenvalue weighted by molar-refractivity contribution is -0.143. The van der Waals surface area contributed by atoms with E-state index in [4.69, 9.17) is 0 Å². The van der Waals surface area contributed by atoms with E-state index in [0.717, 1.165) is 0 Å². The Labute approximate surface area is 87.7 Å². The van der Waals surface area contributed by atoms with Crippen LogP contribution in [0.2, 0.25) is 0 Å². The highest BCUT2D eigenvalue weighted by atomic mass is 16.4. The Morgan fingerprint density at radius 1 is 1.40 bits per heavy atom. The lowest BCUT2D eigenvalue weighted by atomic mass is 9.71. The van der Waals surface area contributed by atoms with Gasteiger partial charge in [0.15, 0.2) is 5.78 Å². The van der Waals surface area contributed by atoms with Gasteiger partial charge in [-0.1, -0.05) is 24.3 Å². The van der Waals surface area contributed by atoms with Gasteiger partial charge in [-0.25, -0.2) is 0 Å². The number of fused-ring (bicyclic) bond motifs is 1. The van der Waals surface area contributed by atoms with E-state index < -0.39 is 11.4 Å². The summed E-state index contributed by atoms with van der Waals surface area (Å²) in [6.45, 7) is 1.68. The molecule has 0 amide bonds. The molecule has 0 saturated carbocycles. The lowest BCUT2D eigenvalue weighted by Crippen LogP contribution is -2.37. The Morgan fingerprint density at radius 2 is 2.07 bits per heavy atom. The summed E-state index contributed by atoms with van der Waals surface area (Å²) < 4.78 is 0. The summed E-state index contributed by atoms with van der Waals surface area (Å²) in [6, 6.07) is 6.99. The highest BCUT2D eigenvalue weighted by Crippen LogP contribution is 2.37. The molecule has 0 unspecified atom stereocenters. The van der Waals surface area contributed by atoms with E-state index in [2.05, 4.69) is 0 Å². The summed E-state index contributed by atoms with van der Waals surface area (Å²) in [7, 11) is 0. The number of Topliss-reactive ketones (excluding diaryl/α,β-unsaturated/α-hetero) is 1. The molecule has 0 aromatic heterocycles. The number of carboxylic acid groups (broad SMARTS) is 1. The van der Waals surface area contributed by atoms with Crippen LogP contribution in [0.3, 0.4) is 0 Å². The Morgan fingerprint density at radius 3 is 2.73 bits per heavy atom. The lowest BCUT2D eigenvalue weighted by Gasteiger charge is -2.31. The summed E-state index contributed by atoms with van der Waals surface area (Å²) in [5.74, 6) is -0.813. The summed E-state index contributed by atoms with van der Waals surface area (Å²) in [5.41, 5.74) is 0.298. The van der Waals surface area contributed by atoms with Gasteiger partial charge in [-0.15, -0.1) is 0 Å². The van der Waals surface area contributed by atoms with Crippen LogP contribution in [0.15, 0.2) is 24.3 Å². The summed E-state index contributed by atoms with van der Waals surface area (Å²) >= 11 is 0. The van der Waals surface area contributed by atoms with Gasteiger partial charge < -0.3 is 5.11 Å². The van der Waals surface area contributed by atoms with Crippen LogP contribution in [-0.2, 0) is 10.2 Å². The van der Waals surface area contributed by atoms with E-state index in [1.54, 1.807) is 31.2 Å². The second-order valence-corrected chi connectivity index (χ2v) is 4.11. The van der Waals surface area contributed by atoms with Gasteiger partial charge in [-0.3, -0.25) is 9.59 Å². The van der Waals surface area contributed by atoms with Gasteiger partial charge in [0, 0.05) is 12.0 Å². The molecule has 0 radical (unpaired) electrons. The molecule has 1 aliphatic rings. The number of carbonyl (C=O) groups excluding carboxylic acids is 1. The fraction of sp³-hybridized carbons (Fsp3) is 0.333. The molecule has 1 aliphatic carbocycles. The Kier molecular flexibility index (Phi) is 2.11. The smallest absolute Gasteiger partial charge is 0.313 e. The topological polar surface area (TPSA) is 54.4 Å². The standard InChI is InChI=1S/C12H12O3/c1-12(11(14)15)7-6-10(13)8-4-2-3-5-9(8)12/h2-5H,6-7H2,1H3,(H,14,15)/t12-/m1/s1. The fourth-order valence-corrected chi connectivity index (χ4v) is 2.06. The van der Waals surface area contributed by atoms with Gasteiger partial charge in [-0.2, -0.15) is 0 Å². The summed E-state index contributed by atoms with van der Waals surface area (Å²) in [4.78, 5) is 22.8. The maximum Gasteiger partial charge on any atom is 0.313 e. The van der Waals surface area contributed by atoms with Gasteiger partial charge in [-0.05, 0) is 18.9 Å². The van der Waals surface area contributed by atoms with Crippen molar-refractivity contribution in [1.82, 2.24) is 0 Å². The monoisotopic (exact) mass is 204 g/mol. The third-order valence-electron chi connectivity index (χ3n) is 3.15. The number of hydrogen-bond acceptors (Lipinski definition) is 2. The fourth-order valence-electron chi connectivity index (χ4n) is 2.06. The first kappa shape index (κ1) is 9.90. The van der Waals surface area contributed by atoms with Crippen LogP contribution in [0, 0.1) is 0 Å². The molecule has 3 nitrogen and oxygen atoms in total. The molecular weight excluding hydrogens is 192 g/mol. The predicted molar refractivity (Wildman–Crippen MR) is 55.0 cm³/mol. The molecule has 0 fully saturated rings. The average molecular weight is 204 g/mol. The minimum atomic E-state index is -0.912. The van der Waals surface area contributed by atoms with Gasteiger partial charge in [0.05, 0.1) is 5.41 Å². The second-order valence-electron chi connectivity index (χ2n) is 4.11. The number of ketones is 1. The second kappa shape index (κ2) is 3.19. The molecule has 1 aromatic carbocycles. The molecule has 0 heterocycles. The average Bonchev–Trinajstić information content (AvgIpc) is 2.24. The van der Waals surface area contributed by atoms with E-state index in [9.17, 15) is 14.7 Å². The third kappa shape index (κ3) is 1.35. The van der Waals surface area contributed by atoms with Crippen LogP contribution >= 0.6 is 0 Å². The number of carboxylic acids is 1. The van der Waals surface area contributed by atoms with E-state index in [1.165, 1.54) is 0 Å². The van der Waals surface area contributed by atoms with Crippen molar-refractivity contribution in [2.24, 2.45) is 0 Å². The first-order valence-corrected chi connectivity index (χ1v) is 4.92. The van der Waals surface area contributed by atoms with Gasteiger partial charge in [0.2, 0.25) is 0 Å². The van der Waals surface area contributed by atoms with E-state index in [-0.39, 0.29) is 5.78 Å². The summed E-state index contributed by atoms with van der Waals surface area (Å²) in [6.07, 6.45) is 0.706. The van der Waals surface area contributed by atoms with E-state index >= 15 is 0 Å². The van der Waals surface area contributed by atoms with Crippen molar-refractivity contribution in [3.05, 3.63) is 35.4 Å². The quantitative estimate of drug-likeness (QED) is 0.761. The van der Waals surface area contributed by atoms with Crippen molar-refractivity contribution in [2.75, 3.05) is 0 Å². The minimum Gasteiger partial charge on any atom is -0.481 e. The molecule has 78 valence electrons. The molecule has 0 spiro atoms. The minimum absolute atomic E-state index is 0.0457. The van der Waals surface area contributed by atoms with E-state index in [0.29, 0.717) is 24.0 Å². The zero-order chi connectivity index (χ0) is 11.1. The van der Waals surface area contributed by atoms with E-state index in [1.807, 2.05) is 0 Å². The molecule has 15 heavy (non-hydrogen) atoms. The molecule has 3 heteroatoms. The third-order valence-corrected chi connectivity index (χ3v) is 3.15. The number of hydrogen-bond donors (Lipinski definition) is 1. The normalized spacial score (nSPS) is 24.7. The van der Waals surface area contributed by atoms with Crippen molar-refractivity contribution in [2.45, 2.75) is 25.2 Å². The number of benzene rings is 1. The Bertz CT molecular complexity index is 436. The molecule has 1 aromatic rings. The van der Waals surface area contributed by atoms with Crippen LogP contribution in [0.4, 0.5) is 0 Å². The number of rotatable bonds is 1. The first-order chi connectivity index (χ1) is 7.05. The SMILES string of the molecule is C[C@@]1(C(=O)O)CCC(=O)c2ccccc21. The summed E-state index contributed by atoms with van der Waals surface area (Å²) in [5, 5.41) is 9.22. The van der Waals surface area contributed by atoms with Crippen LogP contribution in [0.1, 0.15) is 35.7 Å². The Hall–Kier alpha value is -1.64. The van der Waals surface area contributed by atoms with Crippen molar-refractivity contribution in [1.29, 1.82) is 0 Å². The number of carbonyl (C=O) groups is 2. The Balaban J connectivity index is 2.63. The maximum atomic E-state index is 11.6. The van der Waals surface area contributed by atoms with Crippen molar-refractivity contribution < 1.29 is 14.7 Å². The largest absolute Gasteiger partial charge is 0.481 e. The number of aliphatic carboxylic acids is 1. The maximum absolute atomic E-state index is 11.6. The van der Waals surface area contributed by atoms with Crippen LogP contribution < -0.4 is 0 Å². The highest BCUT2D eigenvalue weighted by molar-refractivity contribution is 6.02. The van der Waals surface area contributed by atoms with Gasteiger partial charge in [0.25, 0.3) is 0 Å². The molecule has 1 N–H and O–H groups in total. The van der Waals surface area contributed by atoms with Crippen molar-refractivity contribution in [3.63, 3.8) is 0 Å². The zero-order valence-corrected chi connectivity index (χ0v) is 8.49. The molecule has 0 bridgehead atoms. The highest BCUT2D eigenvalue weighted by Gasteiger charge is 2.41. The first-order valence-electron chi connectivity index (χ1n) is 4.92. The molecule has 0 aliphatic heterocycles. The molecular formula is C12H12O3. The predicted octanol–water partition coefficient (Wildman–Crippen LogP) is 2.01. The van der Waals surface area contributed by atoms with Crippen LogP contribution in [0.5, 0.6) is 0 Å².